The number of methoxy groups -OCH3 is 2. The summed E-state index contributed by atoms with van der Waals surface area (Å²) in [6, 6.07) is 11.9. The van der Waals surface area contributed by atoms with Crippen molar-refractivity contribution in [2.24, 2.45) is 0 Å². The number of fused-ring (bicyclic) bond motifs is 3. The molecule has 0 unspecified atom stereocenters. The van der Waals surface area contributed by atoms with Crippen molar-refractivity contribution in [2.75, 3.05) is 14.2 Å². The van der Waals surface area contributed by atoms with E-state index in [1.165, 1.54) is 0 Å². The lowest BCUT2D eigenvalue weighted by Gasteiger charge is -2.23. The summed E-state index contributed by atoms with van der Waals surface area (Å²) in [5.74, 6) is 2.50. The van der Waals surface area contributed by atoms with Crippen molar-refractivity contribution >= 4 is 0 Å². The molecule has 0 aromatic heterocycles. The van der Waals surface area contributed by atoms with Crippen LogP contribution in [0.4, 0.5) is 0 Å². The highest BCUT2D eigenvalue weighted by Gasteiger charge is 2.21. The summed E-state index contributed by atoms with van der Waals surface area (Å²) in [6.45, 7) is 0.527. The van der Waals surface area contributed by atoms with Crippen molar-refractivity contribution in [3.63, 3.8) is 0 Å². The molecule has 0 saturated heterocycles. The summed E-state index contributed by atoms with van der Waals surface area (Å²) in [5.41, 5.74) is 3.26. The Kier molecular flexibility index (Phi) is 2.59. The fourth-order valence-electron chi connectivity index (χ4n) is 2.27. The molecule has 1 aliphatic heterocycles. The molecule has 0 fully saturated rings. The van der Waals surface area contributed by atoms with Gasteiger partial charge >= 0.3 is 0 Å². The van der Waals surface area contributed by atoms with E-state index in [1.807, 2.05) is 36.4 Å². The van der Waals surface area contributed by atoms with E-state index in [4.69, 9.17) is 14.2 Å². The van der Waals surface area contributed by atoms with E-state index in [0.29, 0.717) is 6.61 Å². The summed E-state index contributed by atoms with van der Waals surface area (Å²) in [5, 5.41) is 0. The summed E-state index contributed by atoms with van der Waals surface area (Å²) >= 11 is 0. The molecule has 3 rings (SSSR count). The van der Waals surface area contributed by atoms with Crippen LogP contribution < -0.4 is 14.2 Å². The summed E-state index contributed by atoms with van der Waals surface area (Å²) in [7, 11) is 3.32. The molecule has 0 atom stereocenters. The quantitative estimate of drug-likeness (QED) is 0.809. The molecule has 0 radical (unpaired) electrons. The number of para-hydroxylation sites is 1. The molecule has 0 bridgehead atoms. The normalized spacial score (nSPS) is 12.1. The maximum Gasteiger partial charge on any atom is 0.129 e. The maximum atomic E-state index is 5.75. The molecule has 0 aliphatic carbocycles. The van der Waals surface area contributed by atoms with Gasteiger partial charge in [-0.15, -0.1) is 0 Å². The van der Waals surface area contributed by atoms with Crippen molar-refractivity contribution in [2.45, 2.75) is 6.61 Å². The van der Waals surface area contributed by atoms with Crippen LogP contribution in [-0.2, 0) is 6.61 Å². The van der Waals surface area contributed by atoms with E-state index in [0.717, 1.165) is 33.9 Å². The molecule has 92 valence electrons. The molecule has 3 heteroatoms. The average Bonchev–Trinajstić information content (AvgIpc) is 2.45. The number of rotatable bonds is 2. The largest absolute Gasteiger partial charge is 0.497 e. The van der Waals surface area contributed by atoms with E-state index in [2.05, 4.69) is 0 Å². The van der Waals surface area contributed by atoms with Gasteiger partial charge in [-0.05, 0) is 17.7 Å². The van der Waals surface area contributed by atoms with Crippen molar-refractivity contribution in [3.8, 4) is 28.4 Å². The van der Waals surface area contributed by atoms with Crippen molar-refractivity contribution in [1.82, 2.24) is 0 Å². The third-order valence-corrected chi connectivity index (χ3v) is 3.19. The molecule has 18 heavy (non-hydrogen) atoms. The van der Waals surface area contributed by atoms with Crippen molar-refractivity contribution in [1.29, 1.82) is 0 Å². The van der Waals surface area contributed by atoms with Crippen molar-refractivity contribution in [3.05, 3.63) is 42.0 Å². The molecule has 0 amide bonds. The Bertz CT molecular complexity index is 590. The molecule has 1 aliphatic rings. The van der Waals surface area contributed by atoms with Gasteiger partial charge in [-0.3, -0.25) is 0 Å². The van der Waals surface area contributed by atoms with Gasteiger partial charge in [0.1, 0.15) is 23.9 Å². The van der Waals surface area contributed by atoms with Crippen LogP contribution in [0, 0.1) is 0 Å². The maximum absolute atomic E-state index is 5.75. The first-order valence-corrected chi connectivity index (χ1v) is 5.80. The number of hydrogen-bond acceptors (Lipinski definition) is 3. The van der Waals surface area contributed by atoms with E-state index in [9.17, 15) is 0 Å². The van der Waals surface area contributed by atoms with Gasteiger partial charge < -0.3 is 14.2 Å². The monoisotopic (exact) mass is 242 g/mol. The zero-order valence-electron chi connectivity index (χ0n) is 10.4. The minimum Gasteiger partial charge on any atom is -0.497 e. The molecular formula is C15H14O3. The zero-order valence-corrected chi connectivity index (χ0v) is 10.4. The Balaban J connectivity index is 2.26. The van der Waals surface area contributed by atoms with Crippen LogP contribution >= 0.6 is 0 Å². The Labute approximate surface area is 106 Å². The second kappa shape index (κ2) is 4.26. The van der Waals surface area contributed by atoms with Gasteiger partial charge in [-0.25, -0.2) is 0 Å². The minimum atomic E-state index is 0.527. The van der Waals surface area contributed by atoms with Crippen LogP contribution in [0.1, 0.15) is 5.56 Å². The lowest BCUT2D eigenvalue weighted by Crippen LogP contribution is -2.07. The number of ether oxygens (including phenoxy) is 3. The van der Waals surface area contributed by atoms with Gasteiger partial charge in [0.15, 0.2) is 0 Å². The van der Waals surface area contributed by atoms with Gasteiger partial charge in [-0.2, -0.15) is 0 Å². The van der Waals surface area contributed by atoms with Crippen LogP contribution in [0.25, 0.3) is 11.1 Å². The van der Waals surface area contributed by atoms with E-state index in [1.54, 1.807) is 14.2 Å². The molecule has 3 nitrogen and oxygen atoms in total. The van der Waals surface area contributed by atoms with E-state index < -0.39 is 0 Å². The highest BCUT2D eigenvalue weighted by Crippen LogP contribution is 2.43. The lowest BCUT2D eigenvalue weighted by molar-refractivity contribution is 0.291. The van der Waals surface area contributed by atoms with E-state index in [-0.39, 0.29) is 0 Å². The fraction of sp³-hybridized carbons (Fsp3) is 0.200. The standard InChI is InChI=1S/C15H14O3/c1-16-10-7-12-11-5-3-4-6-14(11)18-9-13(12)15(8-10)17-2/h3-8H,9H2,1-2H3. The molecule has 0 N–H and O–H groups in total. The van der Waals surface area contributed by atoms with Crippen LogP contribution in [0.15, 0.2) is 36.4 Å². The summed E-state index contributed by atoms with van der Waals surface area (Å²) in [4.78, 5) is 0. The molecule has 1 heterocycles. The number of benzene rings is 2. The predicted molar refractivity (Wildman–Crippen MR) is 69.3 cm³/mol. The Morgan fingerprint density at radius 2 is 1.83 bits per heavy atom. The van der Waals surface area contributed by atoms with Crippen LogP contribution in [0.3, 0.4) is 0 Å². The molecular weight excluding hydrogens is 228 g/mol. The Morgan fingerprint density at radius 3 is 2.61 bits per heavy atom. The average molecular weight is 242 g/mol. The SMILES string of the molecule is COc1cc(OC)c2c(c1)-c1ccccc1OC2. The third-order valence-electron chi connectivity index (χ3n) is 3.19. The van der Waals surface area contributed by atoms with Crippen LogP contribution in [-0.4, -0.2) is 14.2 Å². The summed E-state index contributed by atoms with van der Waals surface area (Å²) in [6.07, 6.45) is 0. The lowest BCUT2D eigenvalue weighted by atomic mass is 9.96. The van der Waals surface area contributed by atoms with Crippen molar-refractivity contribution < 1.29 is 14.2 Å². The van der Waals surface area contributed by atoms with Crippen LogP contribution in [0.2, 0.25) is 0 Å². The third kappa shape index (κ3) is 1.59. The molecule has 0 spiro atoms. The van der Waals surface area contributed by atoms with Gasteiger partial charge in [0.25, 0.3) is 0 Å². The highest BCUT2D eigenvalue weighted by molar-refractivity contribution is 5.78. The summed E-state index contributed by atoms with van der Waals surface area (Å²) < 4.78 is 16.5. The van der Waals surface area contributed by atoms with Crippen LogP contribution in [0.5, 0.6) is 17.2 Å². The fourth-order valence-corrected chi connectivity index (χ4v) is 2.27. The first-order chi connectivity index (χ1) is 8.83. The second-order valence-electron chi connectivity index (χ2n) is 4.14. The second-order valence-corrected chi connectivity index (χ2v) is 4.14. The molecule has 2 aromatic carbocycles. The first-order valence-electron chi connectivity index (χ1n) is 5.80. The van der Waals surface area contributed by atoms with Gasteiger partial charge in [0.05, 0.1) is 14.2 Å². The Morgan fingerprint density at radius 1 is 1.00 bits per heavy atom. The molecule has 0 saturated carbocycles. The van der Waals surface area contributed by atoms with E-state index >= 15 is 0 Å². The number of hydrogen-bond donors (Lipinski definition) is 0. The molecule has 2 aromatic rings. The van der Waals surface area contributed by atoms with Gasteiger partial charge in [-0.1, -0.05) is 18.2 Å². The predicted octanol–water partition coefficient (Wildman–Crippen LogP) is 3.26. The first kappa shape index (κ1) is 11.0. The van der Waals surface area contributed by atoms with Gasteiger partial charge in [0.2, 0.25) is 0 Å². The van der Waals surface area contributed by atoms with Gasteiger partial charge in [0, 0.05) is 17.2 Å². The Hall–Kier alpha value is -2.16. The smallest absolute Gasteiger partial charge is 0.129 e. The zero-order chi connectivity index (χ0) is 12.5. The highest BCUT2D eigenvalue weighted by atomic mass is 16.5. The topological polar surface area (TPSA) is 27.7 Å². The minimum absolute atomic E-state index is 0.527.